The summed E-state index contributed by atoms with van der Waals surface area (Å²) in [4.78, 5) is 37.9. The molecule has 1 N–H and O–H groups in total. The van der Waals surface area contributed by atoms with Crippen LogP contribution in [0, 0.1) is 6.92 Å². The average Bonchev–Trinajstić information content (AvgIpc) is 2.71. The number of hydrogen-bond acceptors (Lipinski definition) is 3. The molecule has 0 aromatic heterocycles. The molecular weight excluding hydrogens is 268 g/mol. The predicted molar refractivity (Wildman–Crippen MR) is 76.7 cm³/mol. The van der Waals surface area contributed by atoms with E-state index in [1.54, 1.807) is 24.3 Å². The Morgan fingerprint density at radius 2 is 1.71 bits per heavy atom. The summed E-state index contributed by atoms with van der Waals surface area (Å²) in [5, 5.41) is 2.75. The Hall–Kier alpha value is -2.17. The van der Waals surface area contributed by atoms with Crippen LogP contribution in [0.4, 0.5) is 4.79 Å². The highest BCUT2D eigenvalue weighted by molar-refractivity contribution is 6.22. The van der Waals surface area contributed by atoms with E-state index in [9.17, 15) is 14.4 Å². The summed E-state index contributed by atoms with van der Waals surface area (Å²) >= 11 is 0. The summed E-state index contributed by atoms with van der Waals surface area (Å²) in [7, 11) is 0. The molecule has 1 aromatic carbocycles. The first-order valence-corrected chi connectivity index (χ1v) is 7.31. The number of carbonyl (C=O) groups excluding carboxylic acids is 3. The second-order valence-electron chi connectivity index (χ2n) is 5.88. The quantitative estimate of drug-likeness (QED) is 0.636. The first kappa shape index (κ1) is 13.8. The van der Waals surface area contributed by atoms with Gasteiger partial charge in [0, 0.05) is 5.56 Å². The fraction of sp³-hybridized carbons (Fsp3) is 0.438. The Morgan fingerprint density at radius 3 is 2.33 bits per heavy atom. The van der Waals surface area contributed by atoms with Crippen molar-refractivity contribution in [2.75, 3.05) is 0 Å². The van der Waals surface area contributed by atoms with Crippen molar-refractivity contribution in [2.45, 2.75) is 44.6 Å². The van der Waals surface area contributed by atoms with Crippen LogP contribution in [0.15, 0.2) is 24.3 Å². The number of rotatable bonds is 1. The topological polar surface area (TPSA) is 66.5 Å². The zero-order chi connectivity index (χ0) is 15.0. The third-order valence-electron chi connectivity index (χ3n) is 4.37. The second-order valence-corrected chi connectivity index (χ2v) is 5.88. The zero-order valence-corrected chi connectivity index (χ0v) is 12.0. The normalized spacial score (nSPS) is 20.7. The molecule has 2 aliphatic rings. The van der Waals surface area contributed by atoms with Crippen LogP contribution >= 0.6 is 0 Å². The minimum atomic E-state index is -0.851. The van der Waals surface area contributed by atoms with E-state index in [-0.39, 0.29) is 0 Å². The molecule has 0 atom stereocenters. The van der Waals surface area contributed by atoms with Crippen molar-refractivity contribution in [2.24, 2.45) is 0 Å². The fourth-order valence-electron chi connectivity index (χ4n) is 3.12. The van der Waals surface area contributed by atoms with Crippen molar-refractivity contribution in [3.05, 3.63) is 35.4 Å². The van der Waals surface area contributed by atoms with E-state index in [2.05, 4.69) is 5.32 Å². The minimum absolute atomic E-state index is 0.358. The molecule has 2 fully saturated rings. The van der Waals surface area contributed by atoms with Crippen LogP contribution < -0.4 is 5.32 Å². The van der Waals surface area contributed by atoms with Gasteiger partial charge in [-0.1, -0.05) is 37.0 Å². The molecule has 0 bridgehead atoms. The van der Waals surface area contributed by atoms with Crippen molar-refractivity contribution in [1.29, 1.82) is 0 Å². The summed E-state index contributed by atoms with van der Waals surface area (Å²) < 4.78 is 0. The Balaban J connectivity index is 1.88. The number of urea groups is 1. The molecule has 0 unspecified atom stereocenters. The Labute approximate surface area is 123 Å². The molecule has 1 aliphatic carbocycles. The summed E-state index contributed by atoms with van der Waals surface area (Å²) in [6.07, 6.45) is 4.11. The lowest BCUT2D eigenvalue weighted by atomic mass is 9.81. The number of carbonyl (C=O) groups is 3. The first-order valence-electron chi connectivity index (χ1n) is 7.31. The summed E-state index contributed by atoms with van der Waals surface area (Å²) in [5.41, 5.74) is 0.528. The molecule has 21 heavy (non-hydrogen) atoms. The van der Waals surface area contributed by atoms with E-state index in [0.29, 0.717) is 18.4 Å². The Morgan fingerprint density at radius 1 is 1.10 bits per heavy atom. The highest BCUT2D eigenvalue weighted by Crippen LogP contribution is 2.34. The molecule has 110 valence electrons. The summed E-state index contributed by atoms with van der Waals surface area (Å²) in [5.74, 6) is -0.933. The van der Waals surface area contributed by atoms with Crippen LogP contribution in [0.25, 0.3) is 0 Å². The smallest absolute Gasteiger partial charge is 0.323 e. The van der Waals surface area contributed by atoms with E-state index < -0.39 is 23.4 Å². The molecule has 0 radical (unpaired) electrons. The van der Waals surface area contributed by atoms with E-state index in [0.717, 1.165) is 29.7 Å². The third kappa shape index (κ3) is 2.22. The molecule has 1 aliphatic heterocycles. The van der Waals surface area contributed by atoms with Gasteiger partial charge in [-0.05, 0) is 31.9 Å². The van der Waals surface area contributed by atoms with Gasteiger partial charge >= 0.3 is 6.03 Å². The molecule has 5 heteroatoms. The van der Waals surface area contributed by atoms with Gasteiger partial charge in [-0.25, -0.2) is 4.79 Å². The van der Waals surface area contributed by atoms with Gasteiger partial charge < -0.3 is 5.32 Å². The lowest BCUT2D eigenvalue weighted by Crippen LogP contribution is -2.48. The molecule has 3 rings (SSSR count). The molecule has 1 saturated heterocycles. The van der Waals surface area contributed by atoms with E-state index in [1.165, 1.54) is 0 Å². The Bertz CT molecular complexity index is 600. The van der Waals surface area contributed by atoms with Crippen molar-refractivity contribution in [3.63, 3.8) is 0 Å². The van der Waals surface area contributed by atoms with Gasteiger partial charge in [-0.3, -0.25) is 9.59 Å². The maximum Gasteiger partial charge on any atom is 0.332 e. The van der Waals surface area contributed by atoms with Crippen LogP contribution in [0.1, 0.15) is 48.0 Å². The van der Waals surface area contributed by atoms with Crippen molar-refractivity contribution >= 4 is 17.8 Å². The molecule has 1 spiro atoms. The number of hydrogen-bond donors (Lipinski definition) is 1. The number of imide groups is 3. The Kier molecular flexibility index (Phi) is 3.27. The molecule has 4 amide bonds. The van der Waals surface area contributed by atoms with Gasteiger partial charge in [0.25, 0.3) is 11.8 Å². The highest BCUT2D eigenvalue weighted by Gasteiger charge is 2.53. The maximum absolute atomic E-state index is 12.6. The lowest BCUT2D eigenvalue weighted by molar-refractivity contribution is -0.130. The van der Waals surface area contributed by atoms with Crippen LogP contribution in [0.3, 0.4) is 0 Å². The average molecular weight is 286 g/mol. The van der Waals surface area contributed by atoms with E-state index >= 15 is 0 Å². The zero-order valence-electron chi connectivity index (χ0n) is 12.0. The predicted octanol–water partition coefficient (Wildman–Crippen LogP) is 2.39. The second kappa shape index (κ2) is 4.98. The van der Waals surface area contributed by atoms with Crippen molar-refractivity contribution in [3.8, 4) is 0 Å². The summed E-state index contributed by atoms with van der Waals surface area (Å²) in [6.45, 7) is 1.92. The fourth-order valence-corrected chi connectivity index (χ4v) is 3.12. The third-order valence-corrected chi connectivity index (χ3v) is 4.37. The number of amides is 4. The molecule has 1 aromatic rings. The van der Waals surface area contributed by atoms with Crippen molar-refractivity contribution in [1.82, 2.24) is 10.2 Å². The number of nitrogens with zero attached hydrogens (tertiary/aromatic N) is 1. The molecule has 1 saturated carbocycles. The first-order chi connectivity index (χ1) is 10.0. The van der Waals surface area contributed by atoms with Gasteiger partial charge in [0.05, 0.1) is 0 Å². The number of benzene rings is 1. The van der Waals surface area contributed by atoms with Crippen LogP contribution in [0.5, 0.6) is 0 Å². The number of nitrogens with one attached hydrogen (secondary N) is 1. The van der Waals surface area contributed by atoms with Crippen LogP contribution in [-0.4, -0.2) is 28.3 Å². The van der Waals surface area contributed by atoms with Gasteiger partial charge in [-0.15, -0.1) is 0 Å². The van der Waals surface area contributed by atoms with Gasteiger partial charge in [0.1, 0.15) is 5.54 Å². The van der Waals surface area contributed by atoms with Crippen LogP contribution in [0.2, 0.25) is 0 Å². The molecule has 1 heterocycles. The maximum atomic E-state index is 12.6. The van der Waals surface area contributed by atoms with E-state index in [4.69, 9.17) is 0 Å². The molecule has 5 nitrogen and oxygen atoms in total. The van der Waals surface area contributed by atoms with E-state index in [1.807, 2.05) is 6.92 Å². The van der Waals surface area contributed by atoms with Gasteiger partial charge in [0.15, 0.2) is 0 Å². The van der Waals surface area contributed by atoms with Crippen LogP contribution in [-0.2, 0) is 4.79 Å². The minimum Gasteiger partial charge on any atom is -0.323 e. The van der Waals surface area contributed by atoms with Gasteiger partial charge in [-0.2, -0.15) is 4.90 Å². The highest BCUT2D eigenvalue weighted by atomic mass is 16.2. The molecular formula is C16H18N2O3. The van der Waals surface area contributed by atoms with Crippen molar-refractivity contribution < 1.29 is 14.4 Å². The SMILES string of the molecule is Cc1ccc(C(=O)N2C(=O)NC3(CCCCC3)C2=O)cc1. The largest absolute Gasteiger partial charge is 0.332 e. The standard InChI is InChI=1S/C16H18N2O3/c1-11-5-7-12(8-6-11)13(19)18-14(20)16(17-15(18)21)9-3-2-4-10-16/h5-8H,2-4,9-10H2,1H3,(H,17,21). The monoisotopic (exact) mass is 286 g/mol. The number of aryl methyl sites for hydroxylation is 1. The lowest BCUT2D eigenvalue weighted by Gasteiger charge is -2.30. The summed E-state index contributed by atoms with van der Waals surface area (Å²) in [6, 6.07) is 6.28. The van der Waals surface area contributed by atoms with Gasteiger partial charge in [0.2, 0.25) is 0 Å².